The van der Waals surface area contributed by atoms with Crippen molar-refractivity contribution in [2.24, 2.45) is 22.6 Å². The van der Waals surface area contributed by atoms with E-state index in [4.69, 9.17) is 15.2 Å². The average molecular weight is 471 g/mol. The summed E-state index contributed by atoms with van der Waals surface area (Å²) in [6.45, 7) is 8.49. The van der Waals surface area contributed by atoms with Crippen molar-refractivity contribution in [1.29, 1.82) is 0 Å². The molecule has 8 nitrogen and oxygen atoms in total. The fourth-order valence-corrected chi connectivity index (χ4v) is 5.39. The molecule has 3 N–H and O–H groups in total. The van der Waals surface area contributed by atoms with Gasteiger partial charge in [0.1, 0.15) is 11.4 Å². The van der Waals surface area contributed by atoms with Crippen molar-refractivity contribution < 1.29 is 19.1 Å². The van der Waals surface area contributed by atoms with Crippen molar-refractivity contribution in [3.05, 3.63) is 29.8 Å². The highest BCUT2D eigenvalue weighted by Gasteiger charge is 2.52. The molecule has 186 valence electrons. The van der Waals surface area contributed by atoms with E-state index in [2.05, 4.69) is 24.2 Å². The number of aliphatic imine (C=N–C) groups is 1. The molecule has 3 aliphatic rings. The molecule has 8 heteroatoms. The lowest BCUT2D eigenvalue weighted by Crippen LogP contribution is -2.55. The Hall–Kier alpha value is -2.61. The number of para-hydroxylation sites is 1. The van der Waals surface area contributed by atoms with Gasteiger partial charge in [0.05, 0.1) is 18.0 Å². The quantitative estimate of drug-likeness (QED) is 0.607. The Morgan fingerprint density at radius 1 is 1.35 bits per heavy atom. The lowest BCUT2D eigenvalue weighted by molar-refractivity contribution is -0.132. The van der Waals surface area contributed by atoms with E-state index >= 15 is 0 Å². The highest BCUT2D eigenvalue weighted by molar-refractivity contribution is 5.99. The SMILES string of the molecule is CCC1(C)CC(NC(=O)C2CC2[C@@H](CCOC)N2C(=O)CC(C)(C)N=C2N)c2ccccc2O1. The molecule has 2 aliphatic heterocycles. The Balaban J connectivity index is 1.50. The number of guanidine groups is 1. The summed E-state index contributed by atoms with van der Waals surface area (Å²) in [5.74, 6) is 0.918. The smallest absolute Gasteiger partial charge is 0.231 e. The maximum absolute atomic E-state index is 13.4. The molecule has 1 aromatic carbocycles. The Morgan fingerprint density at radius 3 is 2.76 bits per heavy atom. The van der Waals surface area contributed by atoms with Crippen molar-refractivity contribution in [1.82, 2.24) is 10.2 Å². The van der Waals surface area contributed by atoms with Gasteiger partial charge in [-0.1, -0.05) is 25.1 Å². The van der Waals surface area contributed by atoms with E-state index in [1.807, 2.05) is 38.1 Å². The van der Waals surface area contributed by atoms with Crippen LogP contribution in [-0.4, -0.2) is 53.6 Å². The van der Waals surface area contributed by atoms with Crippen LogP contribution in [-0.2, 0) is 14.3 Å². The van der Waals surface area contributed by atoms with Crippen LogP contribution >= 0.6 is 0 Å². The molecule has 0 radical (unpaired) electrons. The molecule has 0 saturated heterocycles. The van der Waals surface area contributed by atoms with Gasteiger partial charge in [0.2, 0.25) is 11.8 Å². The molecule has 0 bridgehead atoms. The number of nitrogens with two attached hydrogens (primary N) is 1. The van der Waals surface area contributed by atoms with Gasteiger partial charge in [-0.25, -0.2) is 4.99 Å². The minimum absolute atomic E-state index is 0.0212. The summed E-state index contributed by atoms with van der Waals surface area (Å²) < 4.78 is 11.6. The van der Waals surface area contributed by atoms with Gasteiger partial charge >= 0.3 is 0 Å². The van der Waals surface area contributed by atoms with Gasteiger partial charge in [0.15, 0.2) is 5.96 Å². The number of rotatable bonds is 8. The average Bonchev–Trinajstić information content (AvgIpc) is 3.55. The van der Waals surface area contributed by atoms with E-state index < -0.39 is 5.54 Å². The highest BCUT2D eigenvalue weighted by Crippen LogP contribution is 2.47. The summed E-state index contributed by atoms with van der Waals surface area (Å²) >= 11 is 0. The fraction of sp³-hybridized carbons (Fsp3) is 0.654. The number of ether oxygens (including phenoxy) is 2. The number of carbonyl (C=O) groups excluding carboxylic acids is 2. The topological polar surface area (TPSA) is 106 Å². The summed E-state index contributed by atoms with van der Waals surface area (Å²) in [5, 5.41) is 3.29. The van der Waals surface area contributed by atoms with E-state index in [1.54, 1.807) is 12.0 Å². The van der Waals surface area contributed by atoms with E-state index in [-0.39, 0.29) is 47.3 Å². The first kappa shape index (κ1) is 24.5. The minimum Gasteiger partial charge on any atom is -0.487 e. The van der Waals surface area contributed by atoms with Crippen LogP contribution in [0.4, 0.5) is 0 Å². The number of fused-ring (bicyclic) bond motifs is 1. The van der Waals surface area contributed by atoms with Crippen molar-refractivity contribution in [2.45, 2.75) is 83.0 Å². The number of hydrogen-bond donors (Lipinski definition) is 2. The lowest BCUT2D eigenvalue weighted by atomic mass is 9.86. The van der Waals surface area contributed by atoms with Crippen molar-refractivity contribution >= 4 is 17.8 Å². The first-order valence-electron chi connectivity index (χ1n) is 12.3. The van der Waals surface area contributed by atoms with Crippen molar-refractivity contribution in [2.75, 3.05) is 13.7 Å². The van der Waals surface area contributed by atoms with E-state index in [0.717, 1.165) is 30.6 Å². The molecule has 2 amide bonds. The summed E-state index contributed by atoms with van der Waals surface area (Å²) in [4.78, 5) is 32.5. The third-order valence-corrected chi connectivity index (χ3v) is 7.49. The predicted octanol–water partition coefficient (Wildman–Crippen LogP) is 3.16. The van der Waals surface area contributed by atoms with Crippen LogP contribution in [0.15, 0.2) is 29.3 Å². The van der Waals surface area contributed by atoms with Crippen molar-refractivity contribution in [3.8, 4) is 5.75 Å². The summed E-state index contributed by atoms with van der Waals surface area (Å²) in [7, 11) is 1.64. The molecule has 34 heavy (non-hydrogen) atoms. The Bertz CT molecular complexity index is 977. The number of nitrogens with one attached hydrogen (secondary N) is 1. The molecule has 0 spiro atoms. The highest BCUT2D eigenvalue weighted by atomic mass is 16.5. The fourth-order valence-electron chi connectivity index (χ4n) is 5.39. The number of carbonyl (C=O) groups is 2. The number of nitrogens with zero attached hydrogens (tertiary/aromatic N) is 2. The monoisotopic (exact) mass is 470 g/mol. The predicted molar refractivity (Wildman–Crippen MR) is 130 cm³/mol. The van der Waals surface area contributed by atoms with E-state index in [1.165, 1.54) is 0 Å². The molecule has 0 aromatic heterocycles. The molecule has 4 unspecified atom stereocenters. The zero-order valence-electron chi connectivity index (χ0n) is 21.0. The molecule has 4 rings (SSSR count). The summed E-state index contributed by atoms with van der Waals surface area (Å²) in [6.07, 6.45) is 3.20. The second-order valence-corrected chi connectivity index (χ2v) is 10.8. The van der Waals surface area contributed by atoms with E-state index in [0.29, 0.717) is 19.4 Å². The van der Waals surface area contributed by atoms with Gasteiger partial charge in [-0.15, -0.1) is 0 Å². The molecular weight excluding hydrogens is 432 g/mol. The standard InChI is InChI=1S/C26H38N4O4/c1-6-26(4)14-19(16-9-7-8-10-21(16)34-26)28-23(32)18-13-17(18)20(11-12-33-5)30-22(31)15-25(2,3)29-24(30)27/h7-10,17-20H,6,11-15H2,1-5H3,(H2,27,29)(H,28,32)/t17?,18?,19?,20-,26?/m1/s1. The second kappa shape index (κ2) is 9.21. The normalized spacial score (nSPS) is 30.6. The molecule has 1 aliphatic carbocycles. The third kappa shape index (κ3) is 4.92. The molecule has 5 atom stereocenters. The lowest BCUT2D eigenvalue weighted by Gasteiger charge is -2.40. The number of hydrogen-bond acceptors (Lipinski definition) is 6. The Kier molecular flexibility index (Phi) is 6.64. The maximum Gasteiger partial charge on any atom is 0.231 e. The van der Waals surface area contributed by atoms with Gasteiger partial charge in [0, 0.05) is 37.7 Å². The zero-order valence-corrected chi connectivity index (χ0v) is 21.0. The molecular formula is C26H38N4O4. The largest absolute Gasteiger partial charge is 0.487 e. The Morgan fingerprint density at radius 2 is 2.09 bits per heavy atom. The van der Waals surface area contributed by atoms with Crippen LogP contribution in [0.5, 0.6) is 5.75 Å². The number of amides is 2. The van der Waals surface area contributed by atoms with Gasteiger partial charge < -0.3 is 20.5 Å². The zero-order chi connectivity index (χ0) is 24.7. The van der Waals surface area contributed by atoms with Crippen LogP contribution in [0, 0.1) is 11.8 Å². The van der Waals surface area contributed by atoms with Gasteiger partial charge in [0.25, 0.3) is 0 Å². The molecule has 1 saturated carbocycles. The summed E-state index contributed by atoms with van der Waals surface area (Å²) in [5.41, 5.74) is 6.43. The van der Waals surface area contributed by atoms with Crippen LogP contribution < -0.4 is 15.8 Å². The maximum atomic E-state index is 13.4. The first-order chi connectivity index (χ1) is 16.1. The Labute approximate surface area is 202 Å². The van der Waals surface area contributed by atoms with Crippen LogP contribution in [0.2, 0.25) is 0 Å². The second-order valence-electron chi connectivity index (χ2n) is 10.8. The van der Waals surface area contributed by atoms with E-state index in [9.17, 15) is 9.59 Å². The third-order valence-electron chi connectivity index (χ3n) is 7.49. The van der Waals surface area contributed by atoms with Gasteiger partial charge in [-0.3, -0.25) is 14.5 Å². The summed E-state index contributed by atoms with van der Waals surface area (Å²) in [6, 6.07) is 7.61. The van der Waals surface area contributed by atoms with Crippen molar-refractivity contribution in [3.63, 3.8) is 0 Å². The molecule has 1 aromatic rings. The van der Waals surface area contributed by atoms with Crippen LogP contribution in [0.25, 0.3) is 0 Å². The minimum atomic E-state index is -0.508. The van der Waals surface area contributed by atoms with Crippen LogP contribution in [0.1, 0.15) is 71.4 Å². The van der Waals surface area contributed by atoms with Gasteiger partial charge in [-0.05, 0) is 52.0 Å². The van der Waals surface area contributed by atoms with Crippen LogP contribution in [0.3, 0.4) is 0 Å². The number of methoxy groups -OCH3 is 1. The number of benzene rings is 1. The first-order valence-corrected chi connectivity index (χ1v) is 12.3. The van der Waals surface area contributed by atoms with Gasteiger partial charge in [-0.2, -0.15) is 0 Å². The molecule has 2 heterocycles. The molecule has 1 fully saturated rings.